The first-order chi connectivity index (χ1) is 9.20. The number of para-hydroxylation sites is 1. The molecule has 19 heavy (non-hydrogen) atoms. The van der Waals surface area contributed by atoms with E-state index in [1.54, 1.807) is 0 Å². The average Bonchev–Trinajstić information content (AvgIpc) is 2.42. The zero-order chi connectivity index (χ0) is 13.7. The largest absolute Gasteiger partial charge is 0.473 e. The summed E-state index contributed by atoms with van der Waals surface area (Å²) >= 11 is 0. The number of benzene rings is 1. The number of nitrogens with zero attached hydrogens (tertiary/aromatic N) is 1. The molecule has 0 aliphatic carbocycles. The predicted octanol–water partition coefficient (Wildman–Crippen LogP) is 4.28. The Morgan fingerprint density at radius 2 is 2.11 bits per heavy atom. The summed E-state index contributed by atoms with van der Waals surface area (Å²) in [5, 5.41) is 0. The predicted molar refractivity (Wildman–Crippen MR) is 81.0 cm³/mol. The Labute approximate surface area is 115 Å². The lowest BCUT2D eigenvalue weighted by Crippen LogP contribution is -2.32. The van der Waals surface area contributed by atoms with Crippen LogP contribution in [0.4, 0.5) is 5.69 Å². The number of hydrogen-bond acceptors (Lipinski definition) is 2. The first-order valence-electron chi connectivity index (χ1n) is 6.61. The molecule has 100 valence electrons. The van der Waals surface area contributed by atoms with Crippen LogP contribution < -0.4 is 4.90 Å². The van der Waals surface area contributed by atoms with Crippen molar-refractivity contribution in [3.8, 4) is 0 Å². The lowest BCUT2D eigenvalue weighted by molar-refractivity contribution is 0.206. The number of ether oxygens (including phenoxy) is 1. The standard InChI is InChI=1S/C17H21NO/c1-4-8-14(2)11-17-15(3)12-18(13-19-17)16-9-6-5-7-10-16/h4-7,9-11H,1,8,12-13H2,2-3H3/b14-11+. The van der Waals surface area contributed by atoms with Crippen LogP contribution in [0.5, 0.6) is 0 Å². The van der Waals surface area contributed by atoms with Crippen LogP contribution >= 0.6 is 0 Å². The van der Waals surface area contributed by atoms with Gasteiger partial charge in [0.1, 0.15) is 5.76 Å². The van der Waals surface area contributed by atoms with Crippen molar-refractivity contribution >= 4 is 5.69 Å². The van der Waals surface area contributed by atoms with E-state index in [1.807, 2.05) is 12.1 Å². The molecule has 2 rings (SSSR count). The molecule has 0 fully saturated rings. The number of rotatable bonds is 4. The van der Waals surface area contributed by atoms with E-state index in [9.17, 15) is 0 Å². The van der Waals surface area contributed by atoms with Crippen LogP contribution in [0.1, 0.15) is 20.3 Å². The van der Waals surface area contributed by atoms with Gasteiger partial charge in [-0.15, -0.1) is 6.58 Å². The molecule has 0 unspecified atom stereocenters. The van der Waals surface area contributed by atoms with Gasteiger partial charge in [0.25, 0.3) is 0 Å². The van der Waals surface area contributed by atoms with Crippen LogP contribution in [-0.4, -0.2) is 13.3 Å². The fraction of sp³-hybridized carbons (Fsp3) is 0.294. The fourth-order valence-corrected chi connectivity index (χ4v) is 2.16. The SMILES string of the molecule is C=CC/C(C)=C/C1=C(C)CN(c2ccccc2)CO1. The summed E-state index contributed by atoms with van der Waals surface area (Å²) < 4.78 is 5.87. The Morgan fingerprint density at radius 1 is 1.37 bits per heavy atom. The van der Waals surface area contributed by atoms with Crippen molar-refractivity contribution in [2.45, 2.75) is 20.3 Å². The summed E-state index contributed by atoms with van der Waals surface area (Å²) in [5.74, 6) is 1.01. The molecule has 0 bridgehead atoms. The first-order valence-corrected chi connectivity index (χ1v) is 6.61. The van der Waals surface area contributed by atoms with Gasteiger partial charge in [-0.3, -0.25) is 0 Å². The summed E-state index contributed by atoms with van der Waals surface area (Å²) in [6.45, 7) is 9.51. The fourth-order valence-electron chi connectivity index (χ4n) is 2.16. The van der Waals surface area contributed by atoms with E-state index in [0.717, 1.165) is 18.7 Å². The molecular weight excluding hydrogens is 234 g/mol. The van der Waals surface area contributed by atoms with Crippen LogP contribution in [0.3, 0.4) is 0 Å². The van der Waals surface area contributed by atoms with Gasteiger partial charge in [0.2, 0.25) is 0 Å². The Balaban J connectivity index is 2.11. The van der Waals surface area contributed by atoms with Gasteiger partial charge < -0.3 is 9.64 Å². The smallest absolute Gasteiger partial charge is 0.161 e. The molecule has 0 radical (unpaired) electrons. The van der Waals surface area contributed by atoms with E-state index >= 15 is 0 Å². The normalized spacial score (nSPS) is 16.3. The minimum Gasteiger partial charge on any atom is -0.473 e. The van der Waals surface area contributed by atoms with E-state index in [0.29, 0.717) is 6.73 Å². The topological polar surface area (TPSA) is 12.5 Å². The molecule has 1 aromatic carbocycles. The van der Waals surface area contributed by atoms with Gasteiger partial charge >= 0.3 is 0 Å². The van der Waals surface area contributed by atoms with Crippen molar-refractivity contribution in [3.63, 3.8) is 0 Å². The summed E-state index contributed by atoms with van der Waals surface area (Å²) in [5.41, 5.74) is 3.74. The molecule has 1 aliphatic rings. The average molecular weight is 255 g/mol. The van der Waals surface area contributed by atoms with Crippen molar-refractivity contribution in [1.82, 2.24) is 0 Å². The minimum atomic E-state index is 0.606. The molecule has 1 heterocycles. The Hall–Kier alpha value is -1.96. The highest BCUT2D eigenvalue weighted by molar-refractivity contribution is 5.48. The minimum absolute atomic E-state index is 0.606. The monoisotopic (exact) mass is 255 g/mol. The van der Waals surface area contributed by atoms with Gasteiger partial charge in [0.05, 0.1) is 0 Å². The highest BCUT2D eigenvalue weighted by atomic mass is 16.5. The molecule has 0 aromatic heterocycles. The lowest BCUT2D eigenvalue weighted by Gasteiger charge is -2.31. The quantitative estimate of drug-likeness (QED) is 0.745. The zero-order valence-corrected chi connectivity index (χ0v) is 11.7. The van der Waals surface area contributed by atoms with E-state index < -0.39 is 0 Å². The Bertz CT molecular complexity index is 499. The maximum atomic E-state index is 5.87. The van der Waals surface area contributed by atoms with Gasteiger partial charge in [-0.05, 0) is 44.1 Å². The van der Waals surface area contributed by atoms with Crippen molar-refractivity contribution < 1.29 is 4.74 Å². The van der Waals surface area contributed by atoms with Crippen LogP contribution in [0, 0.1) is 0 Å². The maximum Gasteiger partial charge on any atom is 0.161 e. The molecule has 0 spiro atoms. The molecule has 2 nitrogen and oxygen atoms in total. The second kappa shape index (κ2) is 6.28. The van der Waals surface area contributed by atoms with Gasteiger partial charge in [0.15, 0.2) is 6.73 Å². The van der Waals surface area contributed by atoms with Crippen LogP contribution in [0.2, 0.25) is 0 Å². The molecule has 1 aliphatic heterocycles. The third kappa shape index (κ3) is 3.50. The highest BCUT2D eigenvalue weighted by Crippen LogP contribution is 2.23. The summed E-state index contributed by atoms with van der Waals surface area (Å²) in [6, 6.07) is 10.4. The zero-order valence-electron chi connectivity index (χ0n) is 11.7. The highest BCUT2D eigenvalue weighted by Gasteiger charge is 2.16. The summed E-state index contributed by atoms with van der Waals surface area (Å²) in [7, 11) is 0. The van der Waals surface area contributed by atoms with E-state index in [1.165, 1.54) is 16.8 Å². The number of hydrogen-bond donors (Lipinski definition) is 0. The van der Waals surface area contributed by atoms with E-state index in [4.69, 9.17) is 4.74 Å². The first kappa shape index (κ1) is 13.5. The Morgan fingerprint density at radius 3 is 2.74 bits per heavy atom. The van der Waals surface area contributed by atoms with Gasteiger partial charge in [0, 0.05) is 12.2 Å². The second-order valence-electron chi connectivity index (χ2n) is 4.94. The van der Waals surface area contributed by atoms with Crippen LogP contribution in [0.25, 0.3) is 0 Å². The van der Waals surface area contributed by atoms with Crippen molar-refractivity contribution in [2.24, 2.45) is 0 Å². The molecule has 0 saturated carbocycles. The van der Waals surface area contributed by atoms with Crippen LogP contribution in [0.15, 0.2) is 66.0 Å². The summed E-state index contributed by atoms with van der Waals surface area (Å²) in [6.07, 6.45) is 4.95. The number of allylic oxidation sites excluding steroid dienone is 3. The van der Waals surface area contributed by atoms with Gasteiger partial charge in [-0.2, -0.15) is 0 Å². The lowest BCUT2D eigenvalue weighted by atomic mass is 10.1. The molecular formula is C17H21NO. The molecule has 0 atom stereocenters. The third-order valence-corrected chi connectivity index (χ3v) is 3.19. The second-order valence-corrected chi connectivity index (χ2v) is 4.94. The molecule has 2 heteroatoms. The molecule has 0 saturated heterocycles. The van der Waals surface area contributed by atoms with Crippen LogP contribution in [-0.2, 0) is 4.74 Å². The van der Waals surface area contributed by atoms with Crippen molar-refractivity contribution in [3.05, 3.63) is 66.0 Å². The molecule has 1 aromatic rings. The summed E-state index contributed by atoms with van der Waals surface area (Å²) in [4.78, 5) is 2.23. The van der Waals surface area contributed by atoms with Crippen molar-refractivity contribution in [2.75, 3.05) is 18.2 Å². The Kier molecular flexibility index (Phi) is 4.45. The van der Waals surface area contributed by atoms with Gasteiger partial charge in [-0.25, -0.2) is 0 Å². The van der Waals surface area contributed by atoms with Crippen molar-refractivity contribution in [1.29, 1.82) is 0 Å². The maximum absolute atomic E-state index is 5.87. The molecule has 0 amide bonds. The van der Waals surface area contributed by atoms with E-state index in [-0.39, 0.29) is 0 Å². The molecule has 0 N–H and O–H groups in total. The van der Waals surface area contributed by atoms with E-state index in [2.05, 4.69) is 55.7 Å². The number of anilines is 1. The van der Waals surface area contributed by atoms with Gasteiger partial charge in [-0.1, -0.05) is 29.8 Å². The third-order valence-electron chi connectivity index (χ3n) is 3.19.